The van der Waals surface area contributed by atoms with Crippen LogP contribution in [0.3, 0.4) is 0 Å². The molecular formula is C20H26BrNO2. The number of benzene rings is 2. The number of halogens is 1. The van der Waals surface area contributed by atoms with Gasteiger partial charge in [-0.05, 0) is 37.1 Å². The van der Waals surface area contributed by atoms with E-state index < -0.39 is 0 Å². The van der Waals surface area contributed by atoms with Gasteiger partial charge in [-0.25, -0.2) is 0 Å². The van der Waals surface area contributed by atoms with Gasteiger partial charge in [-0.15, -0.1) is 0 Å². The van der Waals surface area contributed by atoms with Gasteiger partial charge in [-0.3, -0.25) is 0 Å². The summed E-state index contributed by atoms with van der Waals surface area (Å²) >= 11 is 3.64. The minimum absolute atomic E-state index is 0.435. The molecule has 130 valence electrons. The summed E-state index contributed by atoms with van der Waals surface area (Å²) in [4.78, 5) is 0. The van der Waals surface area contributed by atoms with Gasteiger partial charge in [0.1, 0.15) is 6.61 Å². The molecule has 2 rings (SSSR count). The van der Waals surface area contributed by atoms with Crippen molar-refractivity contribution in [1.82, 2.24) is 5.32 Å². The second-order valence-electron chi connectivity index (χ2n) is 6.13. The van der Waals surface area contributed by atoms with Crippen LogP contribution in [0, 0.1) is 6.92 Å². The Labute approximate surface area is 153 Å². The summed E-state index contributed by atoms with van der Waals surface area (Å²) in [5.74, 6) is 1.55. The zero-order valence-electron chi connectivity index (χ0n) is 14.9. The van der Waals surface area contributed by atoms with Gasteiger partial charge in [-0.1, -0.05) is 59.6 Å². The number of ether oxygens (including phenoxy) is 2. The van der Waals surface area contributed by atoms with Crippen molar-refractivity contribution >= 4 is 15.9 Å². The van der Waals surface area contributed by atoms with Gasteiger partial charge in [0, 0.05) is 17.1 Å². The molecule has 0 bridgehead atoms. The molecule has 0 heterocycles. The molecule has 0 spiro atoms. The Bertz CT molecular complexity index is 653. The van der Waals surface area contributed by atoms with E-state index in [0.717, 1.165) is 33.6 Å². The molecule has 1 N–H and O–H groups in total. The maximum absolute atomic E-state index is 6.00. The van der Waals surface area contributed by atoms with Gasteiger partial charge in [0.05, 0.1) is 6.61 Å². The molecule has 24 heavy (non-hydrogen) atoms. The largest absolute Gasteiger partial charge is 0.490 e. The highest BCUT2D eigenvalue weighted by Gasteiger charge is 2.11. The van der Waals surface area contributed by atoms with Crippen LogP contribution < -0.4 is 14.8 Å². The molecule has 0 atom stereocenters. The number of hydrogen-bond acceptors (Lipinski definition) is 3. The SMILES string of the molecule is CCOc1cc(CNC(C)C)c(Br)cc1OCc1ccc(C)cc1. The van der Waals surface area contributed by atoms with Crippen LogP contribution in [0.1, 0.15) is 37.5 Å². The van der Waals surface area contributed by atoms with Crippen molar-refractivity contribution in [2.24, 2.45) is 0 Å². The molecule has 0 saturated carbocycles. The lowest BCUT2D eigenvalue weighted by atomic mass is 10.1. The lowest BCUT2D eigenvalue weighted by Crippen LogP contribution is -2.22. The summed E-state index contributed by atoms with van der Waals surface area (Å²) in [7, 11) is 0. The number of rotatable bonds is 8. The highest BCUT2D eigenvalue weighted by Crippen LogP contribution is 2.34. The van der Waals surface area contributed by atoms with Gasteiger partial charge in [-0.2, -0.15) is 0 Å². The summed E-state index contributed by atoms with van der Waals surface area (Å²) in [5, 5.41) is 3.43. The molecule has 2 aromatic rings. The van der Waals surface area contributed by atoms with Crippen molar-refractivity contribution in [2.45, 2.75) is 46.9 Å². The summed E-state index contributed by atoms with van der Waals surface area (Å²) in [6, 6.07) is 12.9. The van der Waals surface area contributed by atoms with Crippen LogP contribution in [0.5, 0.6) is 11.5 Å². The van der Waals surface area contributed by atoms with Crippen LogP contribution in [0.25, 0.3) is 0 Å². The third-order valence-electron chi connectivity index (χ3n) is 3.63. The molecule has 0 fully saturated rings. The van der Waals surface area contributed by atoms with Crippen molar-refractivity contribution < 1.29 is 9.47 Å². The molecule has 0 amide bonds. The summed E-state index contributed by atoms with van der Waals surface area (Å²) in [6.07, 6.45) is 0. The lowest BCUT2D eigenvalue weighted by Gasteiger charge is -2.16. The van der Waals surface area contributed by atoms with Crippen molar-refractivity contribution in [3.05, 3.63) is 57.6 Å². The van der Waals surface area contributed by atoms with Crippen molar-refractivity contribution in [3.8, 4) is 11.5 Å². The standard InChI is InChI=1S/C20H26BrNO2/c1-5-23-19-10-17(12-22-14(2)3)18(21)11-20(19)24-13-16-8-6-15(4)7-9-16/h6-11,14,22H,5,12-13H2,1-4H3. The maximum Gasteiger partial charge on any atom is 0.162 e. The Balaban J connectivity index is 2.15. The molecule has 0 aromatic heterocycles. The maximum atomic E-state index is 6.00. The Hall–Kier alpha value is -1.52. The predicted octanol–water partition coefficient (Wildman–Crippen LogP) is 5.23. The highest BCUT2D eigenvalue weighted by molar-refractivity contribution is 9.10. The first-order valence-electron chi connectivity index (χ1n) is 8.36. The molecule has 0 unspecified atom stereocenters. The zero-order valence-corrected chi connectivity index (χ0v) is 16.4. The van der Waals surface area contributed by atoms with E-state index in [1.807, 2.05) is 19.1 Å². The normalized spacial score (nSPS) is 10.9. The van der Waals surface area contributed by atoms with Crippen molar-refractivity contribution in [3.63, 3.8) is 0 Å². The Morgan fingerprint density at radius 2 is 1.71 bits per heavy atom. The molecule has 0 aliphatic heterocycles. The molecule has 0 radical (unpaired) electrons. The van der Waals surface area contributed by atoms with Crippen LogP contribution in [-0.4, -0.2) is 12.6 Å². The van der Waals surface area contributed by atoms with E-state index in [1.165, 1.54) is 5.56 Å². The highest BCUT2D eigenvalue weighted by atomic mass is 79.9. The van der Waals surface area contributed by atoms with E-state index in [0.29, 0.717) is 19.3 Å². The molecule has 0 aliphatic carbocycles. The average Bonchev–Trinajstić information content (AvgIpc) is 2.55. The fraction of sp³-hybridized carbons (Fsp3) is 0.400. The van der Waals surface area contributed by atoms with Crippen molar-refractivity contribution in [1.29, 1.82) is 0 Å². The van der Waals surface area contributed by atoms with E-state index in [9.17, 15) is 0 Å². The fourth-order valence-corrected chi connectivity index (χ4v) is 2.72. The van der Waals surface area contributed by atoms with Crippen molar-refractivity contribution in [2.75, 3.05) is 6.61 Å². The smallest absolute Gasteiger partial charge is 0.162 e. The third kappa shape index (κ3) is 5.53. The lowest BCUT2D eigenvalue weighted by molar-refractivity contribution is 0.269. The van der Waals surface area contributed by atoms with Crippen LogP contribution in [0.2, 0.25) is 0 Å². The third-order valence-corrected chi connectivity index (χ3v) is 4.37. The number of hydrogen-bond donors (Lipinski definition) is 1. The average molecular weight is 392 g/mol. The minimum atomic E-state index is 0.435. The van der Waals surface area contributed by atoms with Crippen LogP contribution in [0.4, 0.5) is 0 Å². The topological polar surface area (TPSA) is 30.5 Å². The Morgan fingerprint density at radius 3 is 2.33 bits per heavy atom. The second kappa shape index (κ2) is 9.09. The van der Waals surface area contributed by atoms with Crippen LogP contribution in [0.15, 0.2) is 40.9 Å². The summed E-state index contributed by atoms with van der Waals surface area (Å²) < 4.78 is 12.8. The first kappa shape index (κ1) is 18.8. The number of aryl methyl sites for hydroxylation is 1. The predicted molar refractivity (Wildman–Crippen MR) is 103 cm³/mol. The minimum Gasteiger partial charge on any atom is -0.490 e. The van der Waals surface area contributed by atoms with E-state index in [2.05, 4.69) is 66.3 Å². The quantitative estimate of drug-likeness (QED) is 0.667. The number of nitrogens with one attached hydrogen (secondary N) is 1. The van der Waals surface area contributed by atoms with E-state index in [4.69, 9.17) is 9.47 Å². The van der Waals surface area contributed by atoms with Gasteiger partial charge in [0.25, 0.3) is 0 Å². The van der Waals surface area contributed by atoms with Crippen LogP contribution in [-0.2, 0) is 13.2 Å². The second-order valence-corrected chi connectivity index (χ2v) is 6.99. The molecule has 4 heteroatoms. The fourth-order valence-electron chi connectivity index (χ4n) is 2.25. The molecule has 2 aromatic carbocycles. The van der Waals surface area contributed by atoms with E-state index in [-0.39, 0.29) is 0 Å². The Morgan fingerprint density at radius 1 is 1.04 bits per heavy atom. The van der Waals surface area contributed by atoms with Gasteiger partial charge in [0.2, 0.25) is 0 Å². The Kier molecular flexibility index (Phi) is 7.13. The van der Waals surface area contributed by atoms with Gasteiger partial charge < -0.3 is 14.8 Å². The first-order valence-corrected chi connectivity index (χ1v) is 9.15. The summed E-state index contributed by atoms with van der Waals surface area (Å²) in [6.45, 7) is 10.3. The first-order chi connectivity index (χ1) is 11.5. The molecule has 0 aliphatic rings. The molecular weight excluding hydrogens is 366 g/mol. The molecule has 0 saturated heterocycles. The van der Waals surface area contributed by atoms with E-state index >= 15 is 0 Å². The summed E-state index contributed by atoms with van der Waals surface area (Å²) in [5.41, 5.74) is 3.55. The van der Waals surface area contributed by atoms with Gasteiger partial charge >= 0.3 is 0 Å². The van der Waals surface area contributed by atoms with Crippen LogP contribution >= 0.6 is 15.9 Å². The van der Waals surface area contributed by atoms with Gasteiger partial charge in [0.15, 0.2) is 11.5 Å². The van der Waals surface area contributed by atoms with E-state index in [1.54, 1.807) is 0 Å². The monoisotopic (exact) mass is 391 g/mol. The zero-order chi connectivity index (χ0) is 17.5. The molecule has 3 nitrogen and oxygen atoms in total.